The zero-order chi connectivity index (χ0) is 24.3. The van der Waals surface area contributed by atoms with E-state index in [4.69, 9.17) is 4.98 Å². The van der Waals surface area contributed by atoms with Crippen LogP contribution in [0.15, 0.2) is 34.9 Å². The van der Waals surface area contributed by atoms with Gasteiger partial charge in [-0.1, -0.05) is 33.3 Å². The van der Waals surface area contributed by atoms with Gasteiger partial charge in [-0.15, -0.1) is 5.10 Å². The Bertz CT molecular complexity index is 1290. The van der Waals surface area contributed by atoms with E-state index in [1.807, 2.05) is 6.92 Å². The van der Waals surface area contributed by atoms with Crippen molar-refractivity contribution < 1.29 is 13.6 Å². The lowest BCUT2D eigenvalue weighted by Gasteiger charge is -2.38. The number of hydrogen-bond donors (Lipinski definition) is 0. The monoisotopic (exact) mass is 526 g/mol. The number of unbranched alkanes of at least 4 members (excludes halogenated alkanes) is 1. The van der Waals surface area contributed by atoms with Crippen molar-refractivity contribution in [1.82, 2.24) is 20.2 Å². The van der Waals surface area contributed by atoms with Crippen LogP contribution in [0.25, 0.3) is 11.3 Å². The molecule has 8 heteroatoms. The first-order valence-corrected chi connectivity index (χ1v) is 12.4. The minimum atomic E-state index is -0.667. The van der Waals surface area contributed by atoms with Gasteiger partial charge in [-0.05, 0) is 70.3 Å². The second kappa shape index (κ2) is 8.26. The quantitative estimate of drug-likeness (QED) is 0.340. The third-order valence-electron chi connectivity index (χ3n) is 7.76. The molecule has 0 unspecified atom stereocenters. The summed E-state index contributed by atoms with van der Waals surface area (Å²) in [5.41, 5.74) is 1.57. The number of fused-ring (bicyclic) bond motifs is 5. The number of halogens is 3. The summed E-state index contributed by atoms with van der Waals surface area (Å²) in [6, 6.07) is 5.56. The lowest BCUT2D eigenvalue weighted by molar-refractivity contribution is 0.0968. The van der Waals surface area contributed by atoms with Gasteiger partial charge in [0.05, 0.1) is 32.5 Å². The van der Waals surface area contributed by atoms with Crippen LogP contribution in [-0.2, 0) is 5.41 Å². The highest BCUT2D eigenvalue weighted by atomic mass is 79.9. The average Bonchev–Trinajstić information content (AvgIpc) is 3.18. The minimum Gasteiger partial charge on any atom is -0.291 e. The number of carbonyl (C=O) groups excluding carboxylic acids is 1. The number of aromatic nitrogens is 4. The Kier molecular flexibility index (Phi) is 5.62. The maximum Gasteiger partial charge on any atom is 0.200 e. The Morgan fingerprint density at radius 3 is 2.62 bits per heavy atom. The number of ketones is 1. The lowest BCUT2D eigenvalue weighted by atomic mass is 9.66. The van der Waals surface area contributed by atoms with Crippen LogP contribution in [0.2, 0.25) is 0 Å². The van der Waals surface area contributed by atoms with E-state index in [-0.39, 0.29) is 34.2 Å². The maximum atomic E-state index is 14.5. The van der Waals surface area contributed by atoms with Crippen LogP contribution in [0.4, 0.5) is 8.78 Å². The van der Waals surface area contributed by atoms with E-state index in [9.17, 15) is 13.6 Å². The highest BCUT2D eigenvalue weighted by Gasteiger charge is 2.65. The predicted octanol–water partition coefficient (Wildman–Crippen LogP) is 6.55. The standard InChI is InChI=1S/C26H25BrF2N4O/c1-4-5-9-20(34)24-30-13-16(27)23(31-24)26-11-10-15(25(26,2)3)14-12-19(32-33-22(14)26)21-17(28)7-6-8-18(21)29/h6-8,12-13,15H,4-5,9-11H2,1-3H3/t15-,26+/m0/s1. The molecule has 5 rings (SSSR count). The van der Waals surface area contributed by atoms with Gasteiger partial charge in [0.25, 0.3) is 0 Å². The van der Waals surface area contributed by atoms with Gasteiger partial charge in [0, 0.05) is 12.6 Å². The summed E-state index contributed by atoms with van der Waals surface area (Å²) in [6.07, 6.45) is 5.43. The van der Waals surface area contributed by atoms with E-state index in [2.05, 4.69) is 45.0 Å². The van der Waals surface area contributed by atoms with Gasteiger partial charge < -0.3 is 0 Å². The molecule has 1 saturated carbocycles. The first-order chi connectivity index (χ1) is 16.2. The molecule has 0 N–H and O–H groups in total. The molecule has 0 aliphatic heterocycles. The van der Waals surface area contributed by atoms with Crippen LogP contribution < -0.4 is 0 Å². The van der Waals surface area contributed by atoms with Gasteiger partial charge in [-0.3, -0.25) is 4.79 Å². The Morgan fingerprint density at radius 1 is 1.18 bits per heavy atom. The highest BCUT2D eigenvalue weighted by Crippen LogP contribution is 2.70. The first kappa shape index (κ1) is 23.1. The summed E-state index contributed by atoms with van der Waals surface area (Å²) in [7, 11) is 0. The van der Waals surface area contributed by atoms with E-state index in [1.165, 1.54) is 18.2 Å². The topological polar surface area (TPSA) is 68.6 Å². The van der Waals surface area contributed by atoms with Crippen LogP contribution >= 0.6 is 15.9 Å². The molecule has 2 atom stereocenters. The van der Waals surface area contributed by atoms with E-state index in [0.717, 1.165) is 42.6 Å². The summed E-state index contributed by atoms with van der Waals surface area (Å²) in [5.74, 6) is -1.08. The normalized spacial score (nSPS) is 22.1. The van der Waals surface area contributed by atoms with E-state index in [0.29, 0.717) is 10.9 Å². The van der Waals surface area contributed by atoms with Crippen LogP contribution in [0.3, 0.4) is 0 Å². The molecule has 1 aromatic carbocycles. The summed E-state index contributed by atoms with van der Waals surface area (Å²) in [5, 5.41) is 8.83. The van der Waals surface area contributed by atoms with Gasteiger partial charge in [0.2, 0.25) is 0 Å². The molecule has 34 heavy (non-hydrogen) atoms. The van der Waals surface area contributed by atoms with E-state index >= 15 is 0 Å². The summed E-state index contributed by atoms with van der Waals surface area (Å²) >= 11 is 3.63. The molecule has 3 aromatic rings. The maximum absolute atomic E-state index is 14.5. The molecule has 0 amide bonds. The van der Waals surface area contributed by atoms with Crippen LogP contribution in [0.5, 0.6) is 0 Å². The van der Waals surface area contributed by atoms with Crippen molar-refractivity contribution in [2.75, 3.05) is 0 Å². The lowest BCUT2D eigenvalue weighted by Crippen LogP contribution is -2.38. The van der Waals surface area contributed by atoms with Crippen molar-refractivity contribution in [3.63, 3.8) is 0 Å². The molecule has 2 heterocycles. The van der Waals surface area contributed by atoms with Gasteiger partial charge in [-0.25, -0.2) is 18.7 Å². The first-order valence-electron chi connectivity index (χ1n) is 11.6. The predicted molar refractivity (Wildman–Crippen MR) is 128 cm³/mol. The molecule has 0 spiro atoms. The third-order valence-corrected chi connectivity index (χ3v) is 8.34. The Hall–Kier alpha value is -2.61. The average molecular weight is 527 g/mol. The van der Waals surface area contributed by atoms with Gasteiger partial charge >= 0.3 is 0 Å². The smallest absolute Gasteiger partial charge is 0.200 e. The van der Waals surface area contributed by atoms with Gasteiger partial charge in [-0.2, -0.15) is 5.10 Å². The molecule has 5 nitrogen and oxygen atoms in total. The van der Waals surface area contributed by atoms with Crippen molar-refractivity contribution in [2.45, 2.75) is 64.2 Å². The summed E-state index contributed by atoms with van der Waals surface area (Å²) in [4.78, 5) is 21.8. The van der Waals surface area contributed by atoms with Crippen molar-refractivity contribution in [1.29, 1.82) is 0 Å². The van der Waals surface area contributed by atoms with E-state index < -0.39 is 17.0 Å². The number of Topliss-reactive ketones (excluding diaryl/α,β-unsaturated/α-hetero) is 1. The Balaban J connectivity index is 1.67. The number of nitrogens with zero attached hydrogens (tertiary/aromatic N) is 4. The van der Waals surface area contributed by atoms with Crippen LogP contribution in [-0.4, -0.2) is 25.9 Å². The van der Waals surface area contributed by atoms with Crippen molar-refractivity contribution in [3.8, 4) is 11.3 Å². The molecule has 176 valence electrons. The molecule has 2 aliphatic carbocycles. The number of benzene rings is 1. The molecular weight excluding hydrogens is 502 g/mol. The SMILES string of the molecule is CCCCC(=O)c1ncc(Br)c([C@@]23CC[C@@H](c4cc(-c5c(F)cccc5F)nnc42)C3(C)C)n1. The fourth-order valence-corrected chi connectivity index (χ4v) is 6.49. The molecule has 2 bridgehead atoms. The molecule has 2 aromatic heterocycles. The van der Waals surface area contributed by atoms with Crippen LogP contribution in [0.1, 0.15) is 86.4 Å². The van der Waals surface area contributed by atoms with Gasteiger partial charge in [0.1, 0.15) is 11.6 Å². The largest absolute Gasteiger partial charge is 0.291 e. The number of carbonyl (C=O) groups is 1. The van der Waals surface area contributed by atoms with Crippen molar-refractivity contribution in [3.05, 3.63) is 69.3 Å². The fraction of sp³-hybridized carbons (Fsp3) is 0.423. The highest BCUT2D eigenvalue weighted by molar-refractivity contribution is 9.10. The van der Waals surface area contributed by atoms with E-state index in [1.54, 1.807) is 12.3 Å². The second-order valence-corrected chi connectivity index (χ2v) is 10.6. The van der Waals surface area contributed by atoms with Crippen molar-refractivity contribution >= 4 is 21.7 Å². The molecule has 1 fully saturated rings. The molecule has 2 aliphatic rings. The number of rotatable bonds is 6. The van der Waals surface area contributed by atoms with Gasteiger partial charge in [0.15, 0.2) is 11.6 Å². The Morgan fingerprint density at radius 2 is 1.91 bits per heavy atom. The minimum absolute atomic E-state index is 0.0750. The Labute approximate surface area is 205 Å². The summed E-state index contributed by atoms with van der Waals surface area (Å²) < 4.78 is 29.6. The number of hydrogen-bond acceptors (Lipinski definition) is 5. The second-order valence-electron chi connectivity index (χ2n) is 9.77. The molecule has 0 radical (unpaired) electrons. The molecule has 0 saturated heterocycles. The summed E-state index contributed by atoms with van der Waals surface area (Å²) in [6.45, 7) is 6.38. The zero-order valence-corrected chi connectivity index (χ0v) is 20.9. The fourth-order valence-electron chi connectivity index (χ4n) is 5.96. The van der Waals surface area contributed by atoms with Crippen molar-refractivity contribution in [2.24, 2.45) is 5.41 Å². The third kappa shape index (κ3) is 3.17. The zero-order valence-electron chi connectivity index (χ0n) is 19.3. The van der Waals surface area contributed by atoms with Crippen LogP contribution in [0, 0.1) is 17.0 Å². The molecular formula is C26H25BrF2N4O.